The molecule has 0 saturated carbocycles. The fourth-order valence-electron chi connectivity index (χ4n) is 2.03. The molecule has 0 aliphatic carbocycles. The van der Waals surface area contributed by atoms with Gasteiger partial charge in [0.05, 0.1) is 23.6 Å². The van der Waals surface area contributed by atoms with Crippen molar-refractivity contribution in [3.05, 3.63) is 29.5 Å². The number of benzene rings is 1. The lowest BCUT2D eigenvalue weighted by molar-refractivity contribution is -0.124. The number of aromatic nitrogens is 1. The molecule has 0 saturated heterocycles. The third kappa shape index (κ3) is 2.19. The average Bonchev–Trinajstić information content (AvgIpc) is 2.79. The van der Waals surface area contributed by atoms with E-state index in [1.807, 2.05) is 19.1 Å². The normalized spacial score (nSPS) is 10.5. The van der Waals surface area contributed by atoms with Gasteiger partial charge < -0.3 is 14.6 Å². The second kappa shape index (κ2) is 4.76. The molecule has 19 heavy (non-hydrogen) atoms. The maximum Gasteiger partial charge on any atom is 0.294 e. The Morgan fingerprint density at radius 2 is 1.95 bits per heavy atom. The van der Waals surface area contributed by atoms with Crippen LogP contribution in [-0.4, -0.2) is 42.8 Å². The molecule has 0 spiro atoms. The molecular formula is C14H16N2O3. The number of carbonyl (C=O) groups is 2. The molecule has 1 amide bonds. The number of ketones is 1. The minimum atomic E-state index is -0.552. The molecule has 0 bridgehead atoms. The Bertz CT molecular complexity index is 656. The Kier molecular flexibility index (Phi) is 3.29. The lowest BCUT2D eigenvalue weighted by atomic mass is 10.1. The largest absolute Gasteiger partial charge is 0.496 e. The predicted molar refractivity (Wildman–Crippen MR) is 72.6 cm³/mol. The van der Waals surface area contributed by atoms with Crippen LogP contribution in [0.15, 0.2) is 18.3 Å². The van der Waals surface area contributed by atoms with Gasteiger partial charge in [0.2, 0.25) is 0 Å². The molecule has 0 radical (unpaired) electrons. The fraction of sp³-hybridized carbons (Fsp3) is 0.286. The molecule has 0 aliphatic heterocycles. The summed E-state index contributed by atoms with van der Waals surface area (Å²) in [6.45, 7) is 1.94. The van der Waals surface area contributed by atoms with Crippen molar-refractivity contribution in [2.75, 3.05) is 21.2 Å². The second-order valence-corrected chi connectivity index (χ2v) is 4.62. The highest BCUT2D eigenvalue weighted by Gasteiger charge is 2.23. The third-order valence-electron chi connectivity index (χ3n) is 2.95. The van der Waals surface area contributed by atoms with Crippen LogP contribution in [0.3, 0.4) is 0 Å². The maximum absolute atomic E-state index is 12.1. The Morgan fingerprint density at radius 3 is 2.53 bits per heavy atom. The Hall–Kier alpha value is -2.30. The van der Waals surface area contributed by atoms with E-state index in [-0.39, 0.29) is 0 Å². The number of likely N-dealkylation sites (N-methyl/N-ethyl adjacent to an activating group) is 1. The number of amides is 1. The fourth-order valence-corrected chi connectivity index (χ4v) is 2.03. The highest BCUT2D eigenvalue weighted by atomic mass is 16.5. The molecule has 1 aromatic carbocycles. The molecule has 1 aromatic heterocycles. The summed E-state index contributed by atoms with van der Waals surface area (Å²) in [6, 6.07) is 3.75. The van der Waals surface area contributed by atoms with Crippen molar-refractivity contribution in [1.82, 2.24) is 9.88 Å². The van der Waals surface area contributed by atoms with E-state index in [0.29, 0.717) is 16.7 Å². The SMILES string of the molecule is COc1cc(C)cc2[nH]cc(C(=O)C(=O)N(C)C)c12. The van der Waals surface area contributed by atoms with Gasteiger partial charge in [0.25, 0.3) is 11.7 Å². The van der Waals surface area contributed by atoms with Crippen LogP contribution in [0.1, 0.15) is 15.9 Å². The summed E-state index contributed by atoms with van der Waals surface area (Å²) in [5.41, 5.74) is 2.14. The summed E-state index contributed by atoms with van der Waals surface area (Å²) in [5.74, 6) is -0.506. The van der Waals surface area contributed by atoms with Crippen molar-refractivity contribution in [3.8, 4) is 5.75 Å². The molecular weight excluding hydrogens is 244 g/mol. The van der Waals surface area contributed by atoms with E-state index in [1.54, 1.807) is 27.4 Å². The summed E-state index contributed by atoms with van der Waals surface area (Å²) >= 11 is 0. The topological polar surface area (TPSA) is 62.4 Å². The van der Waals surface area contributed by atoms with Crippen LogP contribution >= 0.6 is 0 Å². The second-order valence-electron chi connectivity index (χ2n) is 4.62. The number of rotatable bonds is 3. The standard InChI is InChI=1S/C14H16N2O3/c1-8-5-10-12(11(6-8)19-4)9(7-15-10)13(17)14(18)16(2)3/h5-7,15H,1-4H3. The molecule has 5 heteroatoms. The lowest BCUT2D eigenvalue weighted by Crippen LogP contribution is -2.29. The minimum Gasteiger partial charge on any atom is -0.496 e. The number of nitrogens with zero attached hydrogens (tertiary/aromatic N) is 1. The first-order chi connectivity index (χ1) is 8.95. The third-order valence-corrected chi connectivity index (χ3v) is 2.95. The number of fused-ring (bicyclic) bond motifs is 1. The van der Waals surface area contributed by atoms with Crippen molar-refractivity contribution in [1.29, 1.82) is 0 Å². The van der Waals surface area contributed by atoms with Gasteiger partial charge in [-0.15, -0.1) is 0 Å². The summed E-state index contributed by atoms with van der Waals surface area (Å²) in [5, 5.41) is 0.647. The van der Waals surface area contributed by atoms with Crippen molar-refractivity contribution in [2.45, 2.75) is 6.92 Å². The maximum atomic E-state index is 12.1. The average molecular weight is 260 g/mol. The van der Waals surface area contributed by atoms with E-state index in [0.717, 1.165) is 11.1 Å². The number of Topliss-reactive ketones (excluding diaryl/α,β-unsaturated/α-hetero) is 1. The monoisotopic (exact) mass is 260 g/mol. The van der Waals surface area contributed by atoms with Gasteiger partial charge in [0.15, 0.2) is 0 Å². The highest BCUT2D eigenvalue weighted by Crippen LogP contribution is 2.30. The number of aromatic amines is 1. The number of ether oxygens (including phenoxy) is 1. The first-order valence-electron chi connectivity index (χ1n) is 5.87. The van der Waals surface area contributed by atoms with Crippen LogP contribution in [0, 0.1) is 6.92 Å². The molecule has 0 atom stereocenters. The predicted octanol–water partition coefficient (Wildman–Crippen LogP) is 1.76. The Labute approximate surface area is 111 Å². The van der Waals surface area contributed by atoms with Crippen molar-refractivity contribution >= 4 is 22.6 Å². The molecule has 100 valence electrons. The summed E-state index contributed by atoms with van der Waals surface area (Å²) in [7, 11) is 4.65. The molecule has 0 aliphatic rings. The van der Waals surface area contributed by atoms with Gasteiger partial charge in [-0.05, 0) is 24.6 Å². The van der Waals surface area contributed by atoms with Gasteiger partial charge in [-0.2, -0.15) is 0 Å². The van der Waals surface area contributed by atoms with Crippen LogP contribution < -0.4 is 4.74 Å². The number of carbonyl (C=O) groups excluding carboxylic acids is 2. The zero-order chi connectivity index (χ0) is 14.2. The van der Waals surface area contributed by atoms with E-state index in [9.17, 15) is 9.59 Å². The van der Waals surface area contributed by atoms with Crippen LogP contribution in [0.25, 0.3) is 10.9 Å². The number of H-pyrrole nitrogens is 1. The zero-order valence-electron chi connectivity index (χ0n) is 11.4. The van der Waals surface area contributed by atoms with Crippen molar-refractivity contribution in [3.63, 3.8) is 0 Å². The lowest BCUT2D eigenvalue weighted by Gasteiger charge is -2.09. The van der Waals surface area contributed by atoms with Gasteiger partial charge in [-0.1, -0.05) is 0 Å². The van der Waals surface area contributed by atoms with Gasteiger partial charge in [0, 0.05) is 20.3 Å². The van der Waals surface area contributed by atoms with Gasteiger partial charge in [-0.3, -0.25) is 9.59 Å². The number of hydrogen-bond acceptors (Lipinski definition) is 3. The quantitative estimate of drug-likeness (QED) is 0.675. The number of hydrogen-bond donors (Lipinski definition) is 1. The molecule has 5 nitrogen and oxygen atoms in total. The van der Waals surface area contributed by atoms with E-state index in [2.05, 4.69) is 4.98 Å². The summed E-state index contributed by atoms with van der Waals surface area (Å²) in [6.07, 6.45) is 1.55. The van der Waals surface area contributed by atoms with Crippen LogP contribution in [0.2, 0.25) is 0 Å². The first-order valence-corrected chi connectivity index (χ1v) is 5.87. The molecule has 1 N–H and O–H groups in total. The highest BCUT2D eigenvalue weighted by molar-refractivity contribution is 6.45. The number of methoxy groups -OCH3 is 1. The van der Waals surface area contributed by atoms with Gasteiger partial charge in [-0.25, -0.2) is 0 Å². The molecule has 0 fully saturated rings. The van der Waals surface area contributed by atoms with Crippen LogP contribution in [0.5, 0.6) is 5.75 Å². The van der Waals surface area contributed by atoms with E-state index < -0.39 is 11.7 Å². The van der Waals surface area contributed by atoms with E-state index in [4.69, 9.17) is 4.74 Å². The van der Waals surface area contributed by atoms with Gasteiger partial charge >= 0.3 is 0 Å². The summed E-state index contributed by atoms with van der Waals surface area (Å²) in [4.78, 5) is 28.2. The van der Waals surface area contributed by atoms with Crippen molar-refractivity contribution < 1.29 is 14.3 Å². The van der Waals surface area contributed by atoms with Crippen LogP contribution in [0.4, 0.5) is 0 Å². The zero-order valence-corrected chi connectivity index (χ0v) is 11.4. The van der Waals surface area contributed by atoms with E-state index >= 15 is 0 Å². The smallest absolute Gasteiger partial charge is 0.294 e. The minimum absolute atomic E-state index is 0.338. The Morgan fingerprint density at radius 1 is 1.26 bits per heavy atom. The molecule has 2 aromatic rings. The Balaban J connectivity index is 2.63. The van der Waals surface area contributed by atoms with Gasteiger partial charge in [0.1, 0.15) is 5.75 Å². The molecule has 0 unspecified atom stereocenters. The number of aryl methyl sites for hydroxylation is 1. The van der Waals surface area contributed by atoms with Crippen molar-refractivity contribution in [2.24, 2.45) is 0 Å². The van der Waals surface area contributed by atoms with E-state index in [1.165, 1.54) is 4.90 Å². The first kappa shape index (κ1) is 13.1. The molecule has 1 heterocycles. The summed E-state index contributed by atoms with van der Waals surface area (Å²) < 4.78 is 5.30. The van der Waals surface area contributed by atoms with Crippen LogP contribution in [-0.2, 0) is 4.79 Å². The molecule has 2 rings (SSSR count). The number of nitrogens with one attached hydrogen (secondary N) is 1.